The summed E-state index contributed by atoms with van der Waals surface area (Å²) in [4.78, 5) is 11.2. The van der Waals surface area contributed by atoms with Gasteiger partial charge in [-0.2, -0.15) is 0 Å². The maximum atomic E-state index is 12.9. The molecule has 0 aromatic heterocycles. The highest BCUT2D eigenvalue weighted by Crippen LogP contribution is 2.22. The number of benzene rings is 2. The molecule has 0 bridgehead atoms. The highest BCUT2D eigenvalue weighted by atomic mass is 32.2. The lowest BCUT2D eigenvalue weighted by molar-refractivity contribution is -0.120. The zero-order chi connectivity index (χ0) is 18.8. The van der Waals surface area contributed by atoms with Crippen molar-refractivity contribution >= 4 is 21.6 Å². The van der Waals surface area contributed by atoms with Gasteiger partial charge >= 0.3 is 0 Å². The number of sulfonamides is 1. The van der Waals surface area contributed by atoms with Crippen LogP contribution in [0.3, 0.4) is 0 Å². The molecule has 2 aromatic carbocycles. The lowest BCUT2D eigenvalue weighted by Crippen LogP contribution is -2.32. The van der Waals surface area contributed by atoms with E-state index in [1.807, 2.05) is 60.7 Å². The van der Waals surface area contributed by atoms with E-state index >= 15 is 0 Å². The molecule has 2 aromatic rings. The molecule has 2 rings (SSSR count). The molecular formula is C20H26N2O3S. The number of rotatable bonds is 10. The number of hydrogen-bond donors (Lipinski definition) is 1. The Morgan fingerprint density at radius 2 is 1.54 bits per heavy atom. The van der Waals surface area contributed by atoms with Crippen LogP contribution in [0.1, 0.15) is 31.2 Å². The van der Waals surface area contributed by atoms with Crippen molar-refractivity contribution in [2.75, 3.05) is 17.1 Å². The molecule has 5 nitrogen and oxygen atoms in total. The van der Waals surface area contributed by atoms with Crippen molar-refractivity contribution in [1.29, 1.82) is 0 Å². The van der Waals surface area contributed by atoms with Crippen LogP contribution < -0.4 is 9.62 Å². The van der Waals surface area contributed by atoms with E-state index in [9.17, 15) is 13.2 Å². The molecule has 0 unspecified atom stereocenters. The minimum absolute atomic E-state index is 0.0113. The largest absolute Gasteiger partial charge is 0.359 e. The Balaban J connectivity index is 2.04. The van der Waals surface area contributed by atoms with Crippen molar-refractivity contribution in [3.05, 3.63) is 66.2 Å². The summed E-state index contributed by atoms with van der Waals surface area (Å²) in [5.74, 6) is 0.0606. The third kappa shape index (κ3) is 6.19. The number of carbonyl (C=O) groups is 1. The van der Waals surface area contributed by atoms with Gasteiger partial charge in [0.25, 0.3) is 0 Å². The minimum atomic E-state index is -3.45. The molecule has 0 heterocycles. The Labute approximate surface area is 156 Å². The number of amides is 1. The quantitative estimate of drug-likeness (QED) is 0.649. The predicted molar refractivity (Wildman–Crippen MR) is 105 cm³/mol. The molecule has 0 radical (unpaired) electrons. The number of unbranched alkanes of at least 4 members (excludes halogenated alkanes) is 2. The van der Waals surface area contributed by atoms with Crippen LogP contribution in [0.25, 0.3) is 0 Å². The number of para-hydroxylation sites is 1. The van der Waals surface area contributed by atoms with Crippen molar-refractivity contribution in [2.45, 2.75) is 32.2 Å². The van der Waals surface area contributed by atoms with Gasteiger partial charge < -0.3 is 5.32 Å². The summed E-state index contributed by atoms with van der Waals surface area (Å²) in [6.07, 6.45) is 2.38. The predicted octanol–water partition coefficient (Wildman–Crippen LogP) is 3.33. The number of nitrogens with one attached hydrogen (secondary N) is 1. The van der Waals surface area contributed by atoms with Crippen LogP contribution in [0, 0.1) is 0 Å². The van der Waals surface area contributed by atoms with E-state index in [1.54, 1.807) is 7.05 Å². The monoisotopic (exact) mass is 374 g/mol. The van der Waals surface area contributed by atoms with Crippen molar-refractivity contribution in [3.8, 4) is 0 Å². The fourth-order valence-electron chi connectivity index (χ4n) is 2.68. The fraction of sp³-hybridized carbons (Fsp3) is 0.350. The molecule has 0 spiro atoms. The molecule has 0 fully saturated rings. The normalized spacial score (nSPS) is 11.1. The SMILES string of the molecule is CNC(=O)CCCCCS(=O)(=O)N(Cc1ccccc1)c1ccccc1. The van der Waals surface area contributed by atoms with Crippen LogP contribution in [0.15, 0.2) is 60.7 Å². The number of nitrogens with zero attached hydrogens (tertiary/aromatic N) is 1. The van der Waals surface area contributed by atoms with Gasteiger partial charge in [0, 0.05) is 13.5 Å². The summed E-state index contributed by atoms with van der Waals surface area (Å²) < 4.78 is 27.3. The summed E-state index contributed by atoms with van der Waals surface area (Å²) in [5, 5.41) is 2.57. The maximum Gasteiger partial charge on any atom is 0.235 e. The second-order valence-corrected chi connectivity index (χ2v) is 8.14. The highest BCUT2D eigenvalue weighted by molar-refractivity contribution is 7.92. The average molecular weight is 375 g/mol. The van der Waals surface area contributed by atoms with Crippen LogP contribution in [-0.2, 0) is 21.4 Å². The molecule has 0 saturated heterocycles. The molecule has 6 heteroatoms. The van der Waals surface area contributed by atoms with Crippen LogP contribution in [0.5, 0.6) is 0 Å². The van der Waals surface area contributed by atoms with Crippen LogP contribution in [0.2, 0.25) is 0 Å². The summed E-state index contributed by atoms with van der Waals surface area (Å²) in [6, 6.07) is 18.8. The molecule has 0 aliphatic carbocycles. The van der Waals surface area contributed by atoms with Crippen LogP contribution >= 0.6 is 0 Å². The van der Waals surface area contributed by atoms with Crippen LogP contribution in [-0.4, -0.2) is 27.1 Å². The standard InChI is InChI=1S/C20H26N2O3S/c1-21-20(23)15-9-4-10-16-26(24,25)22(19-13-7-3-8-14-19)17-18-11-5-2-6-12-18/h2-3,5-8,11-14H,4,9-10,15-17H2,1H3,(H,21,23). The summed E-state index contributed by atoms with van der Waals surface area (Å²) >= 11 is 0. The number of carbonyl (C=O) groups excluding carboxylic acids is 1. The topological polar surface area (TPSA) is 66.5 Å². The molecule has 0 aliphatic rings. The van der Waals surface area contributed by atoms with Crippen molar-refractivity contribution in [3.63, 3.8) is 0 Å². The van der Waals surface area contributed by atoms with E-state index in [0.29, 0.717) is 37.9 Å². The van der Waals surface area contributed by atoms with Gasteiger partial charge in [-0.3, -0.25) is 9.10 Å². The lowest BCUT2D eigenvalue weighted by Gasteiger charge is -2.24. The molecule has 0 saturated carbocycles. The van der Waals surface area contributed by atoms with Crippen molar-refractivity contribution < 1.29 is 13.2 Å². The van der Waals surface area contributed by atoms with E-state index in [-0.39, 0.29) is 11.7 Å². The smallest absolute Gasteiger partial charge is 0.235 e. The van der Waals surface area contributed by atoms with E-state index in [4.69, 9.17) is 0 Å². The van der Waals surface area contributed by atoms with Gasteiger partial charge in [-0.05, 0) is 30.5 Å². The van der Waals surface area contributed by atoms with E-state index < -0.39 is 10.0 Å². The molecule has 140 valence electrons. The van der Waals surface area contributed by atoms with E-state index in [0.717, 1.165) is 5.56 Å². The fourth-order valence-corrected chi connectivity index (χ4v) is 4.25. The number of hydrogen-bond acceptors (Lipinski definition) is 3. The first-order valence-electron chi connectivity index (χ1n) is 8.83. The van der Waals surface area contributed by atoms with Gasteiger partial charge in [-0.15, -0.1) is 0 Å². The second kappa shape index (κ2) is 9.97. The van der Waals surface area contributed by atoms with E-state index in [1.165, 1.54) is 4.31 Å². The van der Waals surface area contributed by atoms with Gasteiger partial charge in [0.2, 0.25) is 15.9 Å². The number of anilines is 1. The zero-order valence-corrected chi connectivity index (χ0v) is 15.9. The first kappa shape index (κ1) is 20.0. The Bertz CT molecular complexity index is 777. The van der Waals surface area contributed by atoms with Crippen molar-refractivity contribution in [1.82, 2.24) is 5.32 Å². The Morgan fingerprint density at radius 3 is 2.15 bits per heavy atom. The summed E-state index contributed by atoms with van der Waals surface area (Å²) in [5.41, 5.74) is 1.61. The van der Waals surface area contributed by atoms with Gasteiger partial charge in [0.15, 0.2) is 0 Å². The first-order valence-corrected chi connectivity index (χ1v) is 10.4. The molecule has 0 aliphatic heterocycles. The molecular weight excluding hydrogens is 348 g/mol. The molecule has 0 atom stereocenters. The summed E-state index contributed by atoms with van der Waals surface area (Å²) in [7, 11) is -1.84. The lowest BCUT2D eigenvalue weighted by atomic mass is 10.2. The first-order chi connectivity index (χ1) is 12.5. The van der Waals surface area contributed by atoms with E-state index in [2.05, 4.69) is 5.32 Å². The Hall–Kier alpha value is -2.34. The molecule has 1 amide bonds. The van der Waals surface area contributed by atoms with Gasteiger partial charge in [0.05, 0.1) is 18.0 Å². The third-order valence-corrected chi connectivity index (χ3v) is 5.95. The summed E-state index contributed by atoms with van der Waals surface area (Å²) in [6.45, 7) is 0.311. The van der Waals surface area contributed by atoms with Crippen LogP contribution in [0.4, 0.5) is 5.69 Å². The highest BCUT2D eigenvalue weighted by Gasteiger charge is 2.22. The molecule has 26 heavy (non-hydrogen) atoms. The Kier molecular flexibility index (Phi) is 7.66. The zero-order valence-electron chi connectivity index (χ0n) is 15.1. The minimum Gasteiger partial charge on any atom is -0.359 e. The van der Waals surface area contributed by atoms with Crippen molar-refractivity contribution in [2.24, 2.45) is 0 Å². The molecule has 1 N–H and O–H groups in total. The van der Waals surface area contributed by atoms with Gasteiger partial charge in [0.1, 0.15) is 0 Å². The second-order valence-electron chi connectivity index (χ2n) is 6.13. The maximum absolute atomic E-state index is 12.9. The third-order valence-electron chi connectivity index (χ3n) is 4.13. The Morgan fingerprint density at radius 1 is 0.923 bits per heavy atom. The van der Waals surface area contributed by atoms with Gasteiger partial charge in [-0.25, -0.2) is 8.42 Å². The van der Waals surface area contributed by atoms with Gasteiger partial charge in [-0.1, -0.05) is 55.0 Å². The average Bonchev–Trinajstić information content (AvgIpc) is 2.67.